The highest BCUT2D eigenvalue weighted by atomic mass is 127. The summed E-state index contributed by atoms with van der Waals surface area (Å²) in [5.74, 6) is 1.39. The summed E-state index contributed by atoms with van der Waals surface area (Å²) in [4.78, 5) is 0. The molecule has 5 nitrogen and oxygen atoms in total. The number of halogens is 1. The lowest BCUT2D eigenvalue weighted by Crippen LogP contribution is -2.21. The molecule has 0 amide bonds. The average molecular weight is 486 g/mol. The molecule has 0 aliphatic heterocycles. The van der Waals surface area contributed by atoms with Crippen LogP contribution in [0.3, 0.4) is 0 Å². The minimum absolute atomic E-state index is 0.0625. The van der Waals surface area contributed by atoms with E-state index >= 15 is 0 Å². The van der Waals surface area contributed by atoms with Crippen molar-refractivity contribution in [3.63, 3.8) is 0 Å². The molecule has 2 rings (SSSR count). The molecule has 0 saturated heterocycles. The minimum atomic E-state index is -0.875. The summed E-state index contributed by atoms with van der Waals surface area (Å²) in [6.45, 7) is 4.33. The summed E-state index contributed by atoms with van der Waals surface area (Å²) in [5, 5.41) is 27.8. The zero-order chi connectivity index (χ0) is 19.9. The maximum atomic E-state index is 9.59. The first kappa shape index (κ1) is 21.9. The lowest BCUT2D eigenvalue weighted by atomic mass is 9.78. The van der Waals surface area contributed by atoms with E-state index in [-0.39, 0.29) is 25.2 Å². The van der Waals surface area contributed by atoms with Gasteiger partial charge in [-0.05, 0) is 35.4 Å². The number of ether oxygens (including phenoxy) is 2. The van der Waals surface area contributed by atoms with Gasteiger partial charge in [0.05, 0.1) is 12.7 Å². The van der Waals surface area contributed by atoms with Crippen molar-refractivity contribution in [2.24, 2.45) is 0 Å². The minimum Gasteiger partial charge on any atom is -0.491 e. The van der Waals surface area contributed by atoms with Crippen LogP contribution in [0.5, 0.6) is 11.5 Å². The number of alkyl halides is 1. The van der Waals surface area contributed by atoms with Crippen LogP contribution in [0.15, 0.2) is 48.5 Å². The summed E-state index contributed by atoms with van der Waals surface area (Å²) in [5.41, 5.74) is 2.07. The summed E-state index contributed by atoms with van der Waals surface area (Å²) >= 11 is 2.13. The van der Waals surface area contributed by atoms with Crippen LogP contribution in [0.4, 0.5) is 0 Å². The van der Waals surface area contributed by atoms with Crippen LogP contribution in [-0.4, -0.2) is 51.8 Å². The lowest BCUT2D eigenvalue weighted by molar-refractivity contribution is 0.0536. The predicted molar refractivity (Wildman–Crippen MR) is 114 cm³/mol. The molecular formula is C21H27IO5. The highest BCUT2D eigenvalue weighted by molar-refractivity contribution is 14.1. The fourth-order valence-electron chi connectivity index (χ4n) is 2.58. The fourth-order valence-corrected chi connectivity index (χ4v) is 2.84. The fraction of sp³-hybridized carbons (Fsp3) is 0.429. The first-order valence-electron chi connectivity index (χ1n) is 8.86. The van der Waals surface area contributed by atoms with Crippen LogP contribution in [0, 0.1) is 0 Å². The maximum absolute atomic E-state index is 9.59. The average Bonchev–Trinajstić information content (AvgIpc) is 2.70. The molecule has 0 fully saturated rings. The molecule has 0 radical (unpaired) electrons. The second-order valence-electron chi connectivity index (χ2n) is 6.94. The van der Waals surface area contributed by atoms with Gasteiger partial charge in [-0.3, -0.25) is 0 Å². The van der Waals surface area contributed by atoms with Gasteiger partial charge in [0.25, 0.3) is 0 Å². The monoisotopic (exact) mass is 486 g/mol. The zero-order valence-electron chi connectivity index (χ0n) is 15.6. The van der Waals surface area contributed by atoms with Crippen molar-refractivity contribution in [1.82, 2.24) is 0 Å². The molecule has 2 atom stereocenters. The number of hydrogen-bond donors (Lipinski definition) is 3. The van der Waals surface area contributed by atoms with Crippen molar-refractivity contribution in [2.45, 2.75) is 31.5 Å². The Hall–Kier alpha value is -1.35. The van der Waals surface area contributed by atoms with Crippen molar-refractivity contribution in [2.75, 3.05) is 24.2 Å². The molecule has 0 spiro atoms. The Balaban J connectivity index is 2.04. The molecule has 0 unspecified atom stereocenters. The maximum Gasteiger partial charge on any atom is 0.119 e. The summed E-state index contributed by atoms with van der Waals surface area (Å²) in [6.07, 6.45) is -1.33. The molecule has 148 valence electrons. The molecular weight excluding hydrogens is 459 g/mol. The van der Waals surface area contributed by atoms with Crippen LogP contribution in [-0.2, 0) is 5.41 Å². The molecule has 0 bridgehead atoms. The van der Waals surface area contributed by atoms with E-state index in [0.29, 0.717) is 10.2 Å². The van der Waals surface area contributed by atoms with Crippen LogP contribution >= 0.6 is 22.6 Å². The van der Waals surface area contributed by atoms with Crippen LogP contribution in [0.25, 0.3) is 0 Å². The highest BCUT2D eigenvalue weighted by Crippen LogP contribution is 2.33. The second-order valence-corrected chi connectivity index (χ2v) is 7.82. The Morgan fingerprint density at radius 1 is 0.815 bits per heavy atom. The number of aliphatic hydroxyl groups is 3. The predicted octanol–water partition coefficient (Wildman–Crippen LogP) is 2.92. The highest BCUT2D eigenvalue weighted by Gasteiger charge is 2.23. The van der Waals surface area contributed by atoms with Gasteiger partial charge in [0, 0.05) is 9.84 Å². The van der Waals surface area contributed by atoms with Crippen LogP contribution in [0.2, 0.25) is 0 Å². The van der Waals surface area contributed by atoms with Gasteiger partial charge in [-0.1, -0.05) is 60.7 Å². The summed E-state index contributed by atoms with van der Waals surface area (Å²) in [7, 11) is 0. The molecule has 2 aromatic carbocycles. The molecule has 0 saturated carbocycles. The number of rotatable bonds is 10. The van der Waals surface area contributed by atoms with Gasteiger partial charge in [0.15, 0.2) is 0 Å². The van der Waals surface area contributed by atoms with E-state index in [4.69, 9.17) is 14.6 Å². The van der Waals surface area contributed by atoms with E-state index in [2.05, 4.69) is 36.4 Å². The molecule has 0 aromatic heterocycles. The third-order valence-electron chi connectivity index (χ3n) is 4.43. The van der Waals surface area contributed by atoms with E-state index in [1.807, 2.05) is 48.5 Å². The van der Waals surface area contributed by atoms with E-state index < -0.39 is 12.2 Å². The smallest absolute Gasteiger partial charge is 0.119 e. The van der Waals surface area contributed by atoms with Gasteiger partial charge < -0.3 is 24.8 Å². The Kier molecular flexibility index (Phi) is 8.34. The van der Waals surface area contributed by atoms with Crippen molar-refractivity contribution >= 4 is 22.6 Å². The summed E-state index contributed by atoms with van der Waals surface area (Å²) in [6, 6.07) is 15.6. The lowest BCUT2D eigenvalue weighted by Gasteiger charge is -2.26. The topological polar surface area (TPSA) is 79.2 Å². The third-order valence-corrected chi connectivity index (χ3v) is 5.44. The van der Waals surface area contributed by atoms with Crippen molar-refractivity contribution in [1.29, 1.82) is 0 Å². The van der Waals surface area contributed by atoms with Gasteiger partial charge in [-0.2, -0.15) is 0 Å². The van der Waals surface area contributed by atoms with Crippen LogP contribution in [0.1, 0.15) is 25.0 Å². The molecule has 0 aliphatic rings. The zero-order valence-corrected chi connectivity index (χ0v) is 17.8. The van der Waals surface area contributed by atoms with Gasteiger partial charge in [-0.25, -0.2) is 0 Å². The van der Waals surface area contributed by atoms with Crippen molar-refractivity contribution in [3.05, 3.63) is 59.7 Å². The molecule has 0 aliphatic carbocycles. The Morgan fingerprint density at radius 3 is 1.59 bits per heavy atom. The Morgan fingerprint density at radius 2 is 1.22 bits per heavy atom. The summed E-state index contributed by atoms with van der Waals surface area (Å²) < 4.78 is 11.7. The molecule has 6 heteroatoms. The number of benzene rings is 2. The van der Waals surface area contributed by atoms with Crippen LogP contribution < -0.4 is 9.47 Å². The molecule has 0 heterocycles. The largest absolute Gasteiger partial charge is 0.491 e. The van der Waals surface area contributed by atoms with Gasteiger partial charge >= 0.3 is 0 Å². The van der Waals surface area contributed by atoms with E-state index in [1.165, 1.54) is 0 Å². The van der Waals surface area contributed by atoms with Gasteiger partial charge in [0.2, 0.25) is 0 Å². The number of hydrogen-bond acceptors (Lipinski definition) is 5. The van der Waals surface area contributed by atoms with E-state index in [9.17, 15) is 10.2 Å². The Labute approximate surface area is 174 Å². The third kappa shape index (κ3) is 6.34. The number of aliphatic hydroxyl groups excluding tert-OH is 3. The van der Waals surface area contributed by atoms with Crippen molar-refractivity contribution < 1.29 is 24.8 Å². The quantitative estimate of drug-likeness (QED) is 0.356. The van der Waals surface area contributed by atoms with Crippen molar-refractivity contribution in [3.8, 4) is 11.5 Å². The standard InChI is InChI=1S/C21H27IO5/c1-21(2,15-3-7-19(8-4-15)26-13-17(24)11-22)16-5-9-20(10-6-16)27-14-18(25)12-23/h3-10,17-18,23-25H,11-14H2,1-2H3/t17-,18-/m1/s1. The second kappa shape index (κ2) is 10.3. The van der Waals surface area contributed by atoms with Gasteiger partial charge in [-0.15, -0.1) is 0 Å². The van der Waals surface area contributed by atoms with Gasteiger partial charge in [0.1, 0.15) is 30.8 Å². The molecule has 27 heavy (non-hydrogen) atoms. The van der Waals surface area contributed by atoms with E-state index in [1.54, 1.807) is 0 Å². The normalized spacial score (nSPS) is 13.9. The first-order valence-corrected chi connectivity index (χ1v) is 10.4. The SMILES string of the molecule is CC(C)(c1ccc(OC[C@H](O)CO)cc1)c1ccc(OC[C@H](O)CI)cc1. The molecule has 3 N–H and O–H groups in total. The van der Waals surface area contributed by atoms with E-state index in [0.717, 1.165) is 16.9 Å². The Bertz CT molecular complexity index is 625. The molecule has 2 aromatic rings. The first-order chi connectivity index (χ1) is 12.9.